The molecule has 0 spiro atoms. The number of nitrogens with two attached hydrogens (primary N) is 1. The summed E-state index contributed by atoms with van der Waals surface area (Å²) in [5.74, 6) is 0.0311. The molecule has 17 heavy (non-hydrogen) atoms. The minimum absolute atomic E-state index is 0.132. The van der Waals surface area contributed by atoms with Crippen molar-refractivity contribution in [1.82, 2.24) is 9.55 Å². The fourth-order valence-electron chi connectivity index (χ4n) is 2.42. The van der Waals surface area contributed by atoms with Crippen LogP contribution in [0, 0.1) is 0 Å². The van der Waals surface area contributed by atoms with Crippen LogP contribution < -0.4 is 5.73 Å². The summed E-state index contributed by atoms with van der Waals surface area (Å²) >= 11 is 0. The maximum atomic E-state index is 11.0. The van der Waals surface area contributed by atoms with Crippen LogP contribution in [0.4, 0.5) is 5.69 Å². The van der Waals surface area contributed by atoms with E-state index in [4.69, 9.17) is 10.8 Å². The molecule has 0 amide bonds. The van der Waals surface area contributed by atoms with Gasteiger partial charge in [-0.05, 0) is 25.0 Å². The third-order valence-corrected chi connectivity index (χ3v) is 3.26. The number of aryl methyl sites for hydroxylation is 2. The van der Waals surface area contributed by atoms with Gasteiger partial charge in [0, 0.05) is 18.7 Å². The molecule has 0 atom stereocenters. The fourth-order valence-corrected chi connectivity index (χ4v) is 2.42. The molecule has 1 aliphatic rings. The first-order chi connectivity index (χ1) is 8.16. The first kappa shape index (κ1) is 10.1. The van der Waals surface area contributed by atoms with Crippen LogP contribution in [0.5, 0.6) is 0 Å². The van der Waals surface area contributed by atoms with E-state index in [9.17, 15) is 4.79 Å². The number of nitrogen functional groups attached to an aromatic ring is 1. The number of aromatic carboxylic acids is 1. The lowest BCUT2D eigenvalue weighted by atomic mass is 10.1. The van der Waals surface area contributed by atoms with Crippen LogP contribution in [-0.2, 0) is 13.0 Å². The first-order valence-corrected chi connectivity index (χ1v) is 5.69. The maximum absolute atomic E-state index is 11.0. The lowest BCUT2D eigenvalue weighted by Gasteiger charge is -2.14. The Hall–Kier alpha value is -2.04. The molecule has 1 aromatic heterocycles. The molecular weight excluding hydrogens is 218 g/mol. The van der Waals surface area contributed by atoms with Gasteiger partial charge in [-0.15, -0.1) is 0 Å². The number of aromatic nitrogens is 2. The summed E-state index contributed by atoms with van der Waals surface area (Å²) in [4.78, 5) is 15.5. The average molecular weight is 231 g/mol. The second-order valence-electron chi connectivity index (χ2n) is 4.37. The molecule has 2 heterocycles. The molecule has 88 valence electrons. The highest BCUT2D eigenvalue weighted by Gasteiger charge is 2.17. The molecule has 0 bridgehead atoms. The molecule has 0 unspecified atom stereocenters. The molecule has 2 aromatic rings. The largest absolute Gasteiger partial charge is 0.478 e. The molecule has 0 fully saturated rings. The monoisotopic (exact) mass is 231 g/mol. The van der Waals surface area contributed by atoms with Gasteiger partial charge in [-0.3, -0.25) is 0 Å². The minimum Gasteiger partial charge on any atom is -0.478 e. The van der Waals surface area contributed by atoms with E-state index in [0.717, 1.165) is 42.7 Å². The number of hydrogen-bond acceptors (Lipinski definition) is 3. The summed E-state index contributed by atoms with van der Waals surface area (Å²) in [7, 11) is 0. The van der Waals surface area contributed by atoms with E-state index in [-0.39, 0.29) is 5.56 Å². The molecule has 0 aliphatic carbocycles. The van der Waals surface area contributed by atoms with Crippen molar-refractivity contribution in [1.29, 1.82) is 0 Å². The molecule has 5 heteroatoms. The zero-order chi connectivity index (χ0) is 12.0. The molecule has 3 N–H and O–H groups in total. The summed E-state index contributed by atoms with van der Waals surface area (Å²) in [5, 5.41) is 9.01. The fraction of sp³-hybridized carbons (Fsp3) is 0.333. The number of fused-ring (bicyclic) bond motifs is 3. The van der Waals surface area contributed by atoms with Crippen LogP contribution in [0.2, 0.25) is 0 Å². The van der Waals surface area contributed by atoms with Crippen LogP contribution in [0.1, 0.15) is 29.0 Å². The van der Waals surface area contributed by atoms with Crippen molar-refractivity contribution >= 4 is 22.7 Å². The van der Waals surface area contributed by atoms with Gasteiger partial charge in [-0.1, -0.05) is 0 Å². The maximum Gasteiger partial charge on any atom is 0.337 e. The van der Waals surface area contributed by atoms with Crippen molar-refractivity contribution in [3.05, 3.63) is 23.5 Å². The van der Waals surface area contributed by atoms with Crippen molar-refractivity contribution in [2.24, 2.45) is 0 Å². The van der Waals surface area contributed by atoms with E-state index in [2.05, 4.69) is 9.55 Å². The predicted molar refractivity (Wildman–Crippen MR) is 64.0 cm³/mol. The zero-order valence-corrected chi connectivity index (χ0v) is 9.31. The van der Waals surface area contributed by atoms with Crippen LogP contribution in [-0.4, -0.2) is 20.6 Å². The predicted octanol–water partition coefficient (Wildman–Crippen LogP) is 1.65. The van der Waals surface area contributed by atoms with Crippen molar-refractivity contribution in [2.45, 2.75) is 25.8 Å². The number of benzene rings is 1. The van der Waals surface area contributed by atoms with Crippen molar-refractivity contribution in [2.75, 3.05) is 5.73 Å². The summed E-state index contributed by atoms with van der Waals surface area (Å²) in [5.41, 5.74) is 7.87. The number of anilines is 1. The molecule has 0 radical (unpaired) electrons. The topological polar surface area (TPSA) is 81.1 Å². The number of carboxylic acids is 1. The molecule has 5 nitrogen and oxygen atoms in total. The van der Waals surface area contributed by atoms with Gasteiger partial charge in [-0.2, -0.15) is 0 Å². The van der Waals surface area contributed by atoms with Gasteiger partial charge >= 0.3 is 5.97 Å². The van der Waals surface area contributed by atoms with Crippen LogP contribution in [0.25, 0.3) is 11.0 Å². The second kappa shape index (κ2) is 3.48. The van der Waals surface area contributed by atoms with E-state index < -0.39 is 5.97 Å². The Morgan fingerprint density at radius 1 is 1.41 bits per heavy atom. The number of carboxylic acid groups (broad SMARTS) is 1. The SMILES string of the molecule is Nc1cc2c(cc1C(=O)O)nc1n2CCCC1. The van der Waals surface area contributed by atoms with Crippen LogP contribution in [0.15, 0.2) is 12.1 Å². The van der Waals surface area contributed by atoms with Crippen LogP contribution in [0.3, 0.4) is 0 Å². The Morgan fingerprint density at radius 3 is 3.00 bits per heavy atom. The minimum atomic E-state index is -1.00. The standard InChI is InChI=1S/C12H13N3O2/c13-8-6-10-9(5-7(8)12(16)17)14-11-3-1-2-4-15(10)11/h5-6H,1-4,13H2,(H,16,17). The molecule has 0 saturated carbocycles. The highest BCUT2D eigenvalue weighted by molar-refractivity contribution is 5.98. The van der Waals surface area contributed by atoms with Gasteiger partial charge in [0.1, 0.15) is 5.82 Å². The Bertz CT molecular complexity index is 616. The highest BCUT2D eigenvalue weighted by atomic mass is 16.4. The summed E-state index contributed by atoms with van der Waals surface area (Å²) < 4.78 is 2.14. The normalized spacial score (nSPS) is 14.8. The van der Waals surface area contributed by atoms with E-state index in [1.807, 2.05) is 0 Å². The molecule has 0 saturated heterocycles. The first-order valence-electron chi connectivity index (χ1n) is 5.69. The van der Waals surface area contributed by atoms with Crippen molar-refractivity contribution in [3.63, 3.8) is 0 Å². The van der Waals surface area contributed by atoms with Gasteiger partial charge in [0.05, 0.1) is 16.6 Å². The zero-order valence-electron chi connectivity index (χ0n) is 9.31. The molecule has 3 rings (SSSR count). The van der Waals surface area contributed by atoms with Gasteiger partial charge in [-0.25, -0.2) is 9.78 Å². The van der Waals surface area contributed by atoms with E-state index in [1.165, 1.54) is 0 Å². The summed E-state index contributed by atoms with van der Waals surface area (Å²) in [6.45, 7) is 0.942. The van der Waals surface area contributed by atoms with Crippen LogP contribution >= 0.6 is 0 Å². The highest BCUT2D eigenvalue weighted by Crippen LogP contribution is 2.26. The number of nitrogens with zero attached hydrogens (tertiary/aromatic N) is 2. The number of carbonyl (C=O) groups is 1. The van der Waals surface area contributed by atoms with Gasteiger partial charge < -0.3 is 15.4 Å². The molecular formula is C12H13N3O2. The lowest BCUT2D eigenvalue weighted by molar-refractivity contribution is 0.0698. The van der Waals surface area contributed by atoms with E-state index >= 15 is 0 Å². The summed E-state index contributed by atoms with van der Waals surface area (Å²) in [6, 6.07) is 3.29. The van der Waals surface area contributed by atoms with Crippen molar-refractivity contribution in [3.8, 4) is 0 Å². The van der Waals surface area contributed by atoms with E-state index in [1.54, 1.807) is 12.1 Å². The van der Waals surface area contributed by atoms with Crippen molar-refractivity contribution < 1.29 is 9.90 Å². The Morgan fingerprint density at radius 2 is 2.24 bits per heavy atom. The third-order valence-electron chi connectivity index (χ3n) is 3.26. The second-order valence-corrected chi connectivity index (χ2v) is 4.37. The number of rotatable bonds is 1. The Balaban J connectivity index is 2.28. The molecule has 1 aromatic carbocycles. The van der Waals surface area contributed by atoms with Gasteiger partial charge in [0.2, 0.25) is 0 Å². The van der Waals surface area contributed by atoms with E-state index in [0.29, 0.717) is 5.69 Å². The Labute approximate surface area is 97.9 Å². The van der Waals surface area contributed by atoms with Gasteiger partial charge in [0.15, 0.2) is 0 Å². The number of hydrogen-bond donors (Lipinski definition) is 2. The lowest BCUT2D eigenvalue weighted by Crippen LogP contribution is -2.10. The molecule has 1 aliphatic heterocycles. The smallest absolute Gasteiger partial charge is 0.337 e. The number of imidazole rings is 1. The Kier molecular flexibility index (Phi) is 2.07. The average Bonchev–Trinajstić information content (AvgIpc) is 2.65. The third kappa shape index (κ3) is 1.46. The summed E-state index contributed by atoms with van der Waals surface area (Å²) in [6.07, 6.45) is 3.24. The van der Waals surface area contributed by atoms with Gasteiger partial charge in [0.25, 0.3) is 0 Å². The quantitative estimate of drug-likeness (QED) is 0.731.